The minimum absolute atomic E-state index is 0.132. The van der Waals surface area contributed by atoms with Gasteiger partial charge in [-0.1, -0.05) is 0 Å². The Balaban J connectivity index is 1.59. The van der Waals surface area contributed by atoms with Gasteiger partial charge in [0.25, 0.3) is 5.56 Å². The summed E-state index contributed by atoms with van der Waals surface area (Å²) in [6.07, 6.45) is 0.249. The molecule has 2 aromatic heterocycles. The molecule has 0 saturated heterocycles. The fourth-order valence-electron chi connectivity index (χ4n) is 4.83. The second-order valence-corrected chi connectivity index (χ2v) is 8.21. The second kappa shape index (κ2) is 7.04. The number of cyclic esters (lactones) is 1. The van der Waals surface area contributed by atoms with Crippen LogP contribution in [-0.4, -0.2) is 41.0 Å². The quantitative estimate of drug-likeness (QED) is 0.366. The van der Waals surface area contributed by atoms with Crippen LogP contribution in [0.3, 0.4) is 0 Å². The molecule has 0 radical (unpaired) electrons. The van der Waals surface area contributed by atoms with Crippen LogP contribution in [0, 0.1) is 0 Å². The van der Waals surface area contributed by atoms with E-state index < -0.39 is 12.1 Å². The van der Waals surface area contributed by atoms with Crippen molar-refractivity contribution in [2.45, 2.75) is 32.1 Å². The SMILES string of the molecule is CNCCCc1c2c(nc3cc4c(cc13)OCO4)-c1cc3c(c(=O)n1C2)COC(=O)[C@H]3O. The van der Waals surface area contributed by atoms with Gasteiger partial charge >= 0.3 is 5.97 Å². The molecule has 164 valence electrons. The molecule has 0 fully saturated rings. The smallest absolute Gasteiger partial charge is 0.340 e. The van der Waals surface area contributed by atoms with Gasteiger partial charge in [-0.3, -0.25) is 4.79 Å². The van der Waals surface area contributed by atoms with E-state index in [1.54, 1.807) is 10.6 Å². The van der Waals surface area contributed by atoms with E-state index in [0.29, 0.717) is 40.6 Å². The van der Waals surface area contributed by atoms with E-state index in [1.165, 1.54) is 0 Å². The summed E-state index contributed by atoms with van der Waals surface area (Å²) in [4.78, 5) is 30.0. The molecule has 6 rings (SSSR count). The second-order valence-electron chi connectivity index (χ2n) is 8.21. The number of hydrogen-bond donors (Lipinski definition) is 2. The summed E-state index contributed by atoms with van der Waals surface area (Å²) >= 11 is 0. The predicted molar refractivity (Wildman–Crippen MR) is 114 cm³/mol. The maximum atomic E-state index is 13.2. The van der Waals surface area contributed by atoms with Crippen molar-refractivity contribution in [1.82, 2.24) is 14.9 Å². The fraction of sp³-hybridized carbons (Fsp3) is 0.348. The lowest BCUT2D eigenvalue weighted by atomic mass is 9.96. The molecule has 3 aromatic rings. The summed E-state index contributed by atoms with van der Waals surface area (Å²) < 4.78 is 17.8. The van der Waals surface area contributed by atoms with Crippen molar-refractivity contribution in [3.8, 4) is 22.9 Å². The van der Waals surface area contributed by atoms with Crippen molar-refractivity contribution in [1.29, 1.82) is 0 Å². The lowest BCUT2D eigenvalue weighted by Gasteiger charge is -2.21. The molecular weight excluding hydrogens is 414 g/mol. The maximum Gasteiger partial charge on any atom is 0.340 e. The molecule has 3 aliphatic rings. The minimum atomic E-state index is -1.47. The summed E-state index contributed by atoms with van der Waals surface area (Å²) in [5.74, 6) is 0.591. The molecule has 3 aliphatic heterocycles. The van der Waals surface area contributed by atoms with Crippen molar-refractivity contribution in [3.05, 3.63) is 50.8 Å². The third kappa shape index (κ3) is 2.68. The lowest BCUT2D eigenvalue weighted by molar-refractivity contribution is -0.157. The van der Waals surface area contributed by atoms with Gasteiger partial charge in [-0.2, -0.15) is 0 Å². The number of benzene rings is 1. The summed E-state index contributed by atoms with van der Waals surface area (Å²) in [6.45, 7) is 1.29. The predicted octanol–water partition coefficient (Wildman–Crippen LogP) is 1.40. The zero-order valence-corrected chi connectivity index (χ0v) is 17.4. The first-order valence-corrected chi connectivity index (χ1v) is 10.6. The zero-order chi connectivity index (χ0) is 22.0. The zero-order valence-electron chi connectivity index (χ0n) is 17.4. The molecule has 5 heterocycles. The molecule has 0 amide bonds. The molecule has 0 bridgehead atoms. The van der Waals surface area contributed by atoms with Gasteiger partial charge in [0.2, 0.25) is 6.79 Å². The molecular formula is C23H21N3O6. The van der Waals surface area contributed by atoms with E-state index in [-0.39, 0.29) is 19.0 Å². The van der Waals surface area contributed by atoms with Gasteiger partial charge < -0.3 is 29.2 Å². The molecule has 1 aromatic carbocycles. The fourth-order valence-corrected chi connectivity index (χ4v) is 4.83. The van der Waals surface area contributed by atoms with Crippen molar-refractivity contribution in [3.63, 3.8) is 0 Å². The highest BCUT2D eigenvalue weighted by atomic mass is 16.7. The number of hydrogen-bond acceptors (Lipinski definition) is 8. The molecule has 32 heavy (non-hydrogen) atoms. The van der Waals surface area contributed by atoms with E-state index in [4.69, 9.17) is 19.2 Å². The number of carbonyl (C=O) groups is 1. The molecule has 0 unspecified atom stereocenters. The van der Waals surface area contributed by atoms with Gasteiger partial charge in [-0.15, -0.1) is 0 Å². The maximum absolute atomic E-state index is 13.2. The number of pyridine rings is 2. The minimum Gasteiger partial charge on any atom is -0.458 e. The first-order valence-electron chi connectivity index (χ1n) is 10.6. The van der Waals surface area contributed by atoms with Crippen LogP contribution in [0.2, 0.25) is 0 Å². The number of nitrogens with one attached hydrogen (secondary N) is 1. The van der Waals surface area contributed by atoms with Crippen LogP contribution in [0.1, 0.15) is 34.8 Å². The molecule has 9 heteroatoms. The molecule has 0 aliphatic carbocycles. The first kappa shape index (κ1) is 19.3. The number of aliphatic hydroxyl groups excluding tert-OH is 1. The van der Waals surface area contributed by atoms with Gasteiger partial charge in [-0.25, -0.2) is 9.78 Å². The Kier molecular flexibility index (Phi) is 4.24. The average molecular weight is 435 g/mol. The Labute approximate surface area is 182 Å². The number of aromatic nitrogens is 2. The van der Waals surface area contributed by atoms with E-state index in [0.717, 1.165) is 41.4 Å². The Bertz CT molecular complexity index is 1360. The van der Waals surface area contributed by atoms with E-state index in [2.05, 4.69) is 5.32 Å². The number of rotatable bonds is 4. The Morgan fingerprint density at radius 3 is 2.78 bits per heavy atom. The topological polar surface area (TPSA) is 112 Å². The first-order chi connectivity index (χ1) is 15.6. The lowest BCUT2D eigenvalue weighted by Crippen LogP contribution is -2.32. The van der Waals surface area contributed by atoms with Crippen LogP contribution in [0.15, 0.2) is 23.0 Å². The van der Waals surface area contributed by atoms with Crippen molar-refractivity contribution >= 4 is 16.9 Å². The van der Waals surface area contributed by atoms with E-state index in [9.17, 15) is 14.7 Å². The van der Waals surface area contributed by atoms with Crippen LogP contribution in [0.4, 0.5) is 0 Å². The largest absolute Gasteiger partial charge is 0.458 e. The van der Waals surface area contributed by atoms with Gasteiger partial charge in [0, 0.05) is 22.6 Å². The van der Waals surface area contributed by atoms with Crippen LogP contribution in [0.25, 0.3) is 22.3 Å². The normalized spacial score (nSPS) is 17.8. The number of aryl methyl sites for hydroxylation is 1. The average Bonchev–Trinajstić information content (AvgIpc) is 3.39. The van der Waals surface area contributed by atoms with Crippen LogP contribution in [-0.2, 0) is 29.1 Å². The van der Waals surface area contributed by atoms with E-state index in [1.807, 2.05) is 19.2 Å². The van der Waals surface area contributed by atoms with Crippen LogP contribution in [0.5, 0.6) is 11.5 Å². The third-order valence-electron chi connectivity index (χ3n) is 6.42. The Hall–Kier alpha value is -3.43. The highest BCUT2D eigenvalue weighted by Gasteiger charge is 2.34. The summed E-state index contributed by atoms with van der Waals surface area (Å²) in [5.41, 5.74) is 4.51. The van der Waals surface area contributed by atoms with Gasteiger partial charge in [0.1, 0.15) is 6.61 Å². The van der Waals surface area contributed by atoms with Crippen LogP contribution >= 0.6 is 0 Å². The Morgan fingerprint density at radius 2 is 1.97 bits per heavy atom. The van der Waals surface area contributed by atoms with Crippen molar-refractivity contribution < 1.29 is 24.1 Å². The molecule has 0 saturated carbocycles. The summed E-state index contributed by atoms with van der Waals surface area (Å²) in [5, 5.41) is 14.5. The molecule has 9 nitrogen and oxygen atoms in total. The van der Waals surface area contributed by atoms with Crippen molar-refractivity contribution in [2.75, 3.05) is 20.4 Å². The molecule has 2 N–H and O–H groups in total. The number of esters is 1. The monoisotopic (exact) mass is 435 g/mol. The third-order valence-corrected chi connectivity index (χ3v) is 6.42. The number of nitrogens with zero attached hydrogens (tertiary/aromatic N) is 2. The Morgan fingerprint density at radius 1 is 1.16 bits per heavy atom. The van der Waals surface area contributed by atoms with E-state index >= 15 is 0 Å². The van der Waals surface area contributed by atoms with Gasteiger partial charge in [0.05, 0.1) is 29.0 Å². The number of ether oxygens (including phenoxy) is 3. The summed E-state index contributed by atoms with van der Waals surface area (Å²) in [6, 6.07) is 5.54. The number of carbonyl (C=O) groups excluding carboxylic acids is 1. The van der Waals surface area contributed by atoms with Crippen molar-refractivity contribution in [2.24, 2.45) is 0 Å². The number of aliphatic hydroxyl groups is 1. The van der Waals surface area contributed by atoms with Gasteiger partial charge in [0.15, 0.2) is 17.6 Å². The molecule has 1 atom stereocenters. The highest BCUT2D eigenvalue weighted by molar-refractivity contribution is 5.91. The van der Waals surface area contributed by atoms with Crippen LogP contribution < -0.4 is 20.3 Å². The molecule has 0 spiro atoms. The standard InChI is InChI=1S/C23H21N3O6/c1-24-4-2-3-11-12-6-18-19(32-10-31-18)7-16(12)25-20-14(11)8-26-17(20)5-13-15(22(26)28)9-30-23(29)21(13)27/h5-7,21,24,27H,2-4,8-10H2,1H3/t21-/m0/s1. The highest BCUT2D eigenvalue weighted by Crippen LogP contribution is 2.42. The number of fused-ring (bicyclic) bond motifs is 6. The van der Waals surface area contributed by atoms with Gasteiger partial charge in [-0.05, 0) is 44.1 Å². The summed E-state index contributed by atoms with van der Waals surface area (Å²) in [7, 11) is 1.92.